The summed E-state index contributed by atoms with van der Waals surface area (Å²) in [5.74, 6) is -0.242. The van der Waals surface area contributed by atoms with Gasteiger partial charge < -0.3 is 14.5 Å². The van der Waals surface area contributed by atoms with Gasteiger partial charge in [0.1, 0.15) is 6.26 Å². The van der Waals surface area contributed by atoms with Crippen LogP contribution in [-0.2, 0) is 6.54 Å². The van der Waals surface area contributed by atoms with Crippen molar-refractivity contribution in [3.8, 4) is 0 Å². The summed E-state index contributed by atoms with van der Waals surface area (Å²) >= 11 is 0. The van der Waals surface area contributed by atoms with Crippen molar-refractivity contribution in [3.05, 3.63) is 53.9 Å². The zero-order chi connectivity index (χ0) is 16.3. The fourth-order valence-electron chi connectivity index (χ4n) is 3.08. The number of carbonyl (C=O) groups excluding carboxylic acids is 1. The van der Waals surface area contributed by atoms with Crippen LogP contribution in [0.2, 0.25) is 0 Å². The SMILES string of the molecule is CN(CC1(O)CCN(Cc2ccccc2)C1)C(=O)c1ccon1. The smallest absolute Gasteiger partial charge is 0.275 e. The topological polar surface area (TPSA) is 69.8 Å². The molecule has 3 rings (SSSR count). The van der Waals surface area contributed by atoms with Gasteiger partial charge in [0.05, 0.1) is 12.1 Å². The first-order valence-corrected chi connectivity index (χ1v) is 7.70. The molecule has 1 atom stereocenters. The zero-order valence-corrected chi connectivity index (χ0v) is 13.2. The molecule has 1 unspecified atom stereocenters. The third kappa shape index (κ3) is 3.78. The number of amides is 1. The molecule has 1 saturated heterocycles. The number of aromatic nitrogens is 1. The second kappa shape index (κ2) is 6.52. The van der Waals surface area contributed by atoms with Crippen molar-refractivity contribution in [2.45, 2.75) is 18.6 Å². The molecule has 1 fully saturated rings. The van der Waals surface area contributed by atoms with Crippen LogP contribution in [0.5, 0.6) is 0 Å². The Balaban J connectivity index is 1.57. The van der Waals surface area contributed by atoms with Gasteiger partial charge in [-0.1, -0.05) is 35.5 Å². The Bertz CT molecular complexity index is 644. The van der Waals surface area contributed by atoms with E-state index in [4.69, 9.17) is 4.52 Å². The lowest BCUT2D eigenvalue weighted by Crippen LogP contribution is -2.45. The number of aliphatic hydroxyl groups is 1. The molecule has 1 aromatic heterocycles. The lowest BCUT2D eigenvalue weighted by molar-refractivity contribution is 0.0167. The summed E-state index contributed by atoms with van der Waals surface area (Å²) in [6.07, 6.45) is 2.02. The van der Waals surface area contributed by atoms with E-state index >= 15 is 0 Å². The molecule has 2 aromatic rings. The van der Waals surface area contributed by atoms with E-state index in [1.165, 1.54) is 22.8 Å². The highest BCUT2D eigenvalue weighted by Crippen LogP contribution is 2.24. The Morgan fingerprint density at radius 2 is 2.17 bits per heavy atom. The summed E-state index contributed by atoms with van der Waals surface area (Å²) in [6, 6.07) is 11.7. The molecular weight excluding hydrogens is 294 g/mol. The van der Waals surface area contributed by atoms with E-state index in [1.54, 1.807) is 7.05 Å². The van der Waals surface area contributed by atoms with E-state index in [-0.39, 0.29) is 18.1 Å². The predicted octanol–water partition coefficient (Wildman–Crippen LogP) is 1.38. The zero-order valence-electron chi connectivity index (χ0n) is 13.2. The molecule has 1 N–H and O–H groups in total. The largest absolute Gasteiger partial charge is 0.387 e. The molecule has 2 heterocycles. The quantitative estimate of drug-likeness (QED) is 0.903. The van der Waals surface area contributed by atoms with E-state index < -0.39 is 5.60 Å². The first kappa shape index (κ1) is 15.7. The maximum atomic E-state index is 12.2. The maximum Gasteiger partial charge on any atom is 0.275 e. The molecule has 0 radical (unpaired) electrons. The minimum Gasteiger partial charge on any atom is -0.387 e. The molecular formula is C17H21N3O3. The summed E-state index contributed by atoms with van der Waals surface area (Å²) in [4.78, 5) is 15.9. The number of likely N-dealkylation sites (tertiary alicyclic amines) is 1. The van der Waals surface area contributed by atoms with Crippen molar-refractivity contribution >= 4 is 5.91 Å². The average molecular weight is 315 g/mol. The van der Waals surface area contributed by atoms with E-state index in [0.717, 1.165) is 13.1 Å². The Hall–Kier alpha value is -2.18. The lowest BCUT2D eigenvalue weighted by Gasteiger charge is -2.28. The van der Waals surface area contributed by atoms with E-state index in [9.17, 15) is 9.90 Å². The number of likely N-dealkylation sites (N-methyl/N-ethyl adjacent to an activating group) is 1. The summed E-state index contributed by atoms with van der Waals surface area (Å²) in [5.41, 5.74) is 0.599. The standard InChI is InChI=1S/C17H21N3O3/c1-19(16(21)15-7-10-23-18-15)12-17(22)8-9-20(13-17)11-14-5-3-2-4-6-14/h2-7,10,22H,8-9,11-13H2,1H3. The van der Waals surface area contributed by atoms with Gasteiger partial charge in [-0.2, -0.15) is 0 Å². The molecule has 0 bridgehead atoms. The number of β-amino-alcohol motifs (C(OH)–C–C–N with tert-alkyl or cyclic N) is 1. The van der Waals surface area contributed by atoms with Gasteiger partial charge in [0.2, 0.25) is 0 Å². The van der Waals surface area contributed by atoms with Crippen molar-refractivity contribution < 1.29 is 14.4 Å². The number of nitrogens with zero attached hydrogens (tertiary/aromatic N) is 3. The third-order valence-corrected chi connectivity index (χ3v) is 4.20. The van der Waals surface area contributed by atoms with Crippen LogP contribution < -0.4 is 0 Å². The number of rotatable bonds is 5. The van der Waals surface area contributed by atoms with Crippen molar-refractivity contribution in [1.82, 2.24) is 15.0 Å². The highest BCUT2D eigenvalue weighted by molar-refractivity contribution is 5.91. The molecule has 6 nitrogen and oxygen atoms in total. The number of carbonyl (C=O) groups is 1. The monoisotopic (exact) mass is 315 g/mol. The van der Waals surface area contributed by atoms with Crippen LogP contribution in [0.4, 0.5) is 0 Å². The second-order valence-electron chi connectivity index (χ2n) is 6.22. The van der Waals surface area contributed by atoms with Crippen LogP contribution in [0, 0.1) is 0 Å². The Labute approximate surface area is 135 Å². The van der Waals surface area contributed by atoms with Crippen molar-refractivity contribution in [3.63, 3.8) is 0 Å². The van der Waals surface area contributed by atoms with Crippen molar-refractivity contribution in [2.24, 2.45) is 0 Å². The Morgan fingerprint density at radius 3 is 2.87 bits per heavy atom. The summed E-state index contributed by atoms with van der Waals surface area (Å²) in [5, 5.41) is 14.4. The first-order chi connectivity index (χ1) is 11.1. The minimum absolute atomic E-state index is 0.242. The first-order valence-electron chi connectivity index (χ1n) is 7.70. The van der Waals surface area contributed by atoms with Gasteiger partial charge >= 0.3 is 0 Å². The molecule has 0 spiro atoms. The summed E-state index contributed by atoms with van der Waals surface area (Å²) in [7, 11) is 1.68. The van der Waals surface area contributed by atoms with Crippen molar-refractivity contribution in [1.29, 1.82) is 0 Å². The van der Waals surface area contributed by atoms with Gasteiger partial charge in [0.15, 0.2) is 5.69 Å². The molecule has 1 amide bonds. The molecule has 23 heavy (non-hydrogen) atoms. The number of hydrogen-bond acceptors (Lipinski definition) is 5. The van der Waals surface area contributed by atoms with Crippen LogP contribution in [0.3, 0.4) is 0 Å². The van der Waals surface area contributed by atoms with Gasteiger partial charge in [-0.15, -0.1) is 0 Å². The summed E-state index contributed by atoms with van der Waals surface area (Å²) in [6.45, 7) is 2.46. The van der Waals surface area contributed by atoms with Gasteiger partial charge in [-0.3, -0.25) is 9.69 Å². The normalized spacial score (nSPS) is 21.5. The fraction of sp³-hybridized carbons (Fsp3) is 0.412. The van der Waals surface area contributed by atoms with Crippen LogP contribution in [0.1, 0.15) is 22.5 Å². The molecule has 0 saturated carbocycles. The number of benzene rings is 1. The van der Waals surface area contributed by atoms with E-state index in [2.05, 4.69) is 22.2 Å². The minimum atomic E-state index is -0.886. The molecule has 1 aliphatic rings. The van der Waals surface area contributed by atoms with E-state index in [1.807, 2.05) is 18.2 Å². The Kier molecular flexibility index (Phi) is 4.45. The molecule has 1 aromatic carbocycles. The lowest BCUT2D eigenvalue weighted by atomic mass is 10.0. The highest BCUT2D eigenvalue weighted by atomic mass is 16.5. The van der Waals surface area contributed by atoms with Crippen LogP contribution in [0.25, 0.3) is 0 Å². The van der Waals surface area contributed by atoms with Gasteiger partial charge in [-0.05, 0) is 12.0 Å². The van der Waals surface area contributed by atoms with Crippen LogP contribution >= 0.6 is 0 Å². The Morgan fingerprint density at radius 1 is 1.39 bits per heavy atom. The maximum absolute atomic E-state index is 12.2. The molecule has 1 aliphatic heterocycles. The predicted molar refractivity (Wildman–Crippen MR) is 84.7 cm³/mol. The molecule has 122 valence electrons. The molecule has 0 aliphatic carbocycles. The fourth-order valence-corrected chi connectivity index (χ4v) is 3.08. The summed E-state index contributed by atoms with van der Waals surface area (Å²) < 4.78 is 4.70. The van der Waals surface area contributed by atoms with Crippen molar-refractivity contribution in [2.75, 3.05) is 26.7 Å². The number of hydrogen-bond donors (Lipinski definition) is 1. The van der Waals surface area contributed by atoms with Gasteiger partial charge in [-0.25, -0.2) is 0 Å². The van der Waals surface area contributed by atoms with Gasteiger partial charge in [0, 0.05) is 32.7 Å². The second-order valence-corrected chi connectivity index (χ2v) is 6.22. The van der Waals surface area contributed by atoms with Crippen LogP contribution in [0.15, 0.2) is 47.2 Å². The average Bonchev–Trinajstić information content (AvgIpc) is 3.18. The molecule has 6 heteroatoms. The third-order valence-electron chi connectivity index (χ3n) is 4.20. The van der Waals surface area contributed by atoms with Crippen LogP contribution in [-0.4, -0.2) is 58.3 Å². The highest BCUT2D eigenvalue weighted by Gasteiger charge is 2.38. The van der Waals surface area contributed by atoms with Gasteiger partial charge in [0.25, 0.3) is 5.91 Å². The van der Waals surface area contributed by atoms with E-state index in [0.29, 0.717) is 13.0 Å².